The minimum Gasteiger partial charge on any atom is -0.479 e. The maximum absolute atomic E-state index is 11.0. The summed E-state index contributed by atoms with van der Waals surface area (Å²) in [7, 11) is 0. The van der Waals surface area contributed by atoms with Crippen molar-refractivity contribution in [1.82, 2.24) is 5.32 Å². The lowest BCUT2D eigenvalue weighted by atomic mass is 10.2. The quantitative estimate of drug-likeness (QED) is 0.533. The first-order chi connectivity index (χ1) is 6.09. The van der Waals surface area contributed by atoms with E-state index in [9.17, 15) is 9.59 Å². The van der Waals surface area contributed by atoms with Gasteiger partial charge in [-0.1, -0.05) is 0 Å². The third-order valence-corrected chi connectivity index (χ3v) is 1.95. The molecule has 5 heteroatoms. The molecule has 0 heterocycles. The molecule has 1 saturated carbocycles. The lowest BCUT2D eigenvalue weighted by Crippen LogP contribution is -2.36. The minimum absolute atomic E-state index is 0.178. The summed E-state index contributed by atoms with van der Waals surface area (Å²) < 4.78 is 0. The van der Waals surface area contributed by atoms with Crippen LogP contribution in [0.2, 0.25) is 0 Å². The second kappa shape index (κ2) is 4.23. The average molecular weight is 187 g/mol. The largest absolute Gasteiger partial charge is 0.479 e. The number of hydrogen-bond donors (Lipinski definition) is 3. The van der Waals surface area contributed by atoms with Crippen LogP contribution in [-0.2, 0) is 9.59 Å². The molecule has 0 bridgehead atoms. The third kappa shape index (κ3) is 3.89. The molecule has 0 saturated heterocycles. The molecule has 1 aliphatic rings. The summed E-state index contributed by atoms with van der Waals surface area (Å²) in [4.78, 5) is 21.2. The van der Waals surface area contributed by atoms with E-state index < -0.39 is 12.1 Å². The van der Waals surface area contributed by atoms with Gasteiger partial charge in [-0.05, 0) is 18.8 Å². The van der Waals surface area contributed by atoms with E-state index in [4.69, 9.17) is 10.2 Å². The van der Waals surface area contributed by atoms with Crippen LogP contribution >= 0.6 is 0 Å². The number of carboxylic acid groups (broad SMARTS) is 1. The Hall–Kier alpha value is -1.10. The number of aliphatic hydroxyl groups is 1. The summed E-state index contributed by atoms with van der Waals surface area (Å²) >= 11 is 0. The van der Waals surface area contributed by atoms with Gasteiger partial charge in [0.15, 0.2) is 6.10 Å². The Morgan fingerprint density at radius 1 is 1.46 bits per heavy atom. The molecular weight excluding hydrogens is 174 g/mol. The van der Waals surface area contributed by atoms with Crippen LogP contribution in [0.15, 0.2) is 0 Å². The van der Waals surface area contributed by atoms with Crippen LogP contribution in [-0.4, -0.2) is 34.7 Å². The highest BCUT2D eigenvalue weighted by Crippen LogP contribution is 2.31. The van der Waals surface area contributed by atoms with Crippen molar-refractivity contribution in [3.63, 3.8) is 0 Å². The number of amides is 1. The molecule has 3 N–H and O–H groups in total. The van der Waals surface area contributed by atoms with E-state index in [0.29, 0.717) is 12.3 Å². The van der Waals surface area contributed by atoms with Crippen molar-refractivity contribution < 1.29 is 19.8 Å². The van der Waals surface area contributed by atoms with Crippen molar-refractivity contribution in [2.24, 2.45) is 5.92 Å². The lowest BCUT2D eigenvalue weighted by molar-refractivity contribution is -0.146. The first-order valence-electron chi connectivity index (χ1n) is 4.27. The summed E-state index contributed by atoms with van der Waals surface area (Å²) in [5.74, 6) is -1.02. The Labute approximate surface area is 75.7 Å². The molecule has 1 aliphatic carbocycles. The zero-order valence-corrected chi connectivity index (χ0v) is 7.19. The van der Waals surface area contributed by atoms with Gasteiger partial charge in [-0.2, -0.15) is 0 Å². The van der Waals surface area contributed by atoms with Crippen molar-refractivity contribution in [2.45, 2.75) is 25.4 Å². The Kier molecular flexibility index (Phi) is 3.25. The fraction of sp³-hybridized carbons (Fsp3) is 0.750. The van der Waals surface area contributed by atoms with Gasteiger partial charge in [-0.15, -0.1) is 0 Å². The Morgan fingerprint density at radius 2 is 2.08 bits per heavy atom. The van der Waals surface area contributed by atoms with Gasteiger partial charge < -0.3 is 15.5 Å². The van der Waals surface area contributed by atoms with Crippen molar-refractivity contribution in [3.8, 4) is 0 Å². The van der Waals surface area contributed by atoms with Crippen molar-refractivity contribution in [2.75, 3.05) is 6.54 Å². The topological polar surface area (TPSA) is 86.6 Å². The highest BCUT2D eigenvalue weighted by molar-refractivity contribution is 5.78. The second-order valence-corrected chi connectivity index (χ2v) is 3.31. The molecule has 0 radical (unpaired) electrons. The van der Waals surface area contributed by atoms with Crippen LogP contribution in [0.1, 0.15) is 19.3 Å². The highest BCUT2D eigenvalue weighted by Gasteiger charge is 2.24. The van der Waals surface area contributed by atoms with Crippen LogP contribution in [0, 0.1) is 5.92 Å². The van der Waals surface area contributed by atoms with Crippen LogP contribution < -0.4 is 5.32 Å². The van der Waals surface area contributed by atoms with Gasteiger partial charge in [0, 0.05) is 6.42 Å². The number of carbonyl (C=O) groups is 2. The summed E-state index contributed by atoms with van der Waals surface area (Å²) in [6.07, 6.45) is 1.11. The van der Waals surface area contributed by atoms with Gasteiger partial charge in [0.1, 0.15) is 0 Å². The van der Waals surface area contributed by atoms with Gasteiger partial charge >= 0.3 is 5.97 Å². The highest BCUT2D eigenvalue weighted by atomic mass is 16.4. The normalized spacial score (nSPS) is 17.9. The van der Waals surface area contributed by atoms with Gasteiger partial charge in [0.25, 0.3) is 0 Å². The molecule has 1 amide bonds. The molecule has 1 rings (SSSR count). The van der Waals surface area contributed by atoms with Crippen LogP contribution in [0.5, 0.6) is 0 Å². The molecule has 0 aromatic carbocycles. The molecule has 1 fully saturated rings. The number of rotatable bonds is 5. The number of aliphatic hydroxyl groups excluding tert-OH is 1. The first kappa shape index (κ1) is 9.98. The van der Waals surface area contributed by atoms with Crippen LogP contribution in [0.4, 0.5) is 0 Å². The monoisotopic (exact) mass is 187 g/mol. The fourth-order valence-corrected chi connectivity index (χ4v) is 0.954. The molecule has 5 nitrogen and oxygen atoms in total. The van der Waals surface area contributed by atoms with E-state index in [2.05, 4.69) is 5.32 Å². The zero-order chi connectivity index (χ0) is 9.84. The van der Waals surface area contributed by atoms with Crippen LogP contribution in [0.3, 0.4) is 0 Å². The van der Waals surface area contributed by atoms with Crippen molar-refractivity contribution in [3.05, 3.63) is 0 Å². The fourth-order valence-electron chi connectivity index (χ4n) is 0.954. The third-order valence-electron chi connectivity index (χ3n) is 1.95. The van der Waals surface area contributed by atoms with Gasteiger partial charge in [-0.25, -0.2) is 4.79 Å². The van der Waals surface area contributed by atoms with E-state index in [1.54, 1.807) is 0 Å². The standard InChI is InChI=1S/C8H13NO4/c10-6(8(12)13)4-9-7(11)3-5-1-2-5/h5-6,10H,1-4H2,(H,9,11)(H,12,13). The molecule has 13 heavy (non-hydrogen) atoms. The molecule has 0 aromatic rings. The Bertz CT molecular complexity index is 212. The molecule has 0 spiro atoms. The van der Waals surface area contributed by atoms with E-state index in [1.807, 2.05) is 0 Å². The molecule has 74 valence electrons. The number of carbonyl (C=O) groups excluding carboxylic acids is 1. The first-order valence-corrected chi connectivity index (χ1v) is 4.27. The lowest BCUT2D eigenvalue weighted by Gasteiger charge is -2.06. The summed E-state index contributed by atoms with van der Waals surface area (Å²) in [6, 6.07) is 0. The summed E-state index contributed by atoms with van der Waals surface area (Å²) in [5.41, 5.74) is 0. The predicted molar refractivity (Wildman–Crippen MR) is 44.0 cm³/mol. The molecule has 0 aliphatic heterocycles. The van der Waals surface area contributed by atoms with E-state index in [1.165, 1.54) is 0 Å². The molecule has 1 atom stereocenters. The number of aliphatic carboxylic acids is 1. The molecule has 0 aromatic heterocycles. The summed E-state index contributed by atoms with van der Waals surface area (Å²) in [5, 5.41) is 19.5. The molecular formula is C8H13NO4. The number of hydrogen-bond acceptors (Lipinski definition) is 3. The van der Waals surface area contributed by atoms with E-state index in [-0.39, 0.29) is 12.5 Å². The molecule has 1 unspecified atom stereocenters. The smallest absolute Gasteiger partial charge is 0.334 e. The Morgan fingerprint density at radius 3 is 2.54 bits per heavy atom. The van der Waals surface area contributed by atoms with Crippen molar-refractivity contribution in [1.29, 1.82) is 0 Å². The minimum atomic E-state index is -1.50. The SMILES string of the molecule is O=C(CC1CC1)NCC(O)C(=O)O. The number of carboxylic acids is 1. The van der Waals surface area contributed by atoms with E-state index in [0.717, 1.165) is 12.8 Å². The maximum atomic E-state index is 11.0. The summed E-state index contributed by atoms with van der Waals surface area (Å²) in [6.45, 7) is -0.207. The maximum Gasteiger partial charge on any atom is 0.334 e. The Balaban J connectivity index is 2.09. The predicted octanol–water partition coefficient (Wildman–Crippen LogP) is -0.652. The van der Waals surface area contributed by atoms with E-state index >= 15 is 0 Å². The van der Waals surface area contributed by atoms with Gasteiger partial charge in [0.05, 0.1) is 6.54 Å². The second-order valence-electron chi connectivity index (χ2n) is 3.31. The number of nitrogens with one attached hydrogen (secondary N) is 1. The van der Waals surface area contributed by atoms with Crippen molar-refractivity contribution >= 4 is 11.9 Å². The van der Waals surface area contributed by atoms with Gasteiger partial charge in [-0.3, -0.25) is 4.79 Å². The zero-order valence-electron chi connectivity index (χ0n) is 7.19. The van der Waals surface area contributed by atoms with Crippen LogP contribution in [0.25, 0.3) is 0 Å². The average Bonchev–Trinajstić information content (AvgIpc) is 2.83. The van der Waals surface area contributed by atoms with Gasteiger partial charge in [0.2, 0.25) is 5.91 Å².